The molecule has 0 bridgehead atoms. The van der Waals surface area contributed by atoms with E-state index in [9.17, 15) is 19.1 Å². The molecule has 7 nitrogen and oxygen atoms in total. The Morgan fingerprint density at radius 3 is 2.24 bits per heavy atom. The summed E-state index contributed by atoms with van der Waals surface area (Å²) in [5.41, 5.74) is 8.15. The third-order valence-corrected chi connectivity index (χ3v) is 4.41. The van der Waals surface area contributed by atoms with Crippen LogP contribution >= 0.6 is 7.60 Å². The van der Waals surface area contributed by atoms with Gasteiger partial charge in [-0.25, -0.2) is 0 Å². The highest BCUT2D eigenvalue weighted by Gasteiger charge is 2.18. The molecule has 0 heterocycles. The van der Waals surface area contributed by atoms with Gasteiger partial charge in [0, 0.05) is 0 Å². The van der Waals surface area contributed by atoms with Crippen molar-refractivity contribution in [3.05, 3.63) is 53.6 Å². The number of hydrogen-bond donors (Lipinski definition) is 4. The lowest BCUT2D eigenvalue weighted by atomic mass is 9.97. The zero-order valence-electron chi connectivity index (χ0n) is 13.6. The van der Waals surface area contributed by atoms with Crippen molar-refractivity contribution in [1.29, 1.82) is 0 Å². The lowest BCUT2D eigenvalue weighted by molar-refractivity contribution is -0.138. The van der Waals surface area contributed by atoms with Gasteiger partial charge in [0.1, 0.15) is 11.8 Å². The molecular weight excluding hydrogens is 345 g/mol. The lowest BCUT2D eigenvalue weighted by Gasteiger charge is -2.13. The van der Waals surface area contributed by atoms with E-state index < -0.39 is 25.8 Å². The van der Waals surface area contributed by atoms with Gasteiger partial charge in [-0.2, -0.15) is 0 Å². The molecule has 0 amide bonds. The van der Waals surface area contributed by atoms with Crippen LogP contribution in [0.15, 0.2) is 42.5 Å². The predicted octanol–water partition coefficient (Wildman–Crippen LogP) is 1.99. The smallest absolute Gasteiger partial charge is 0.329 e. The van der Waals surface area contributed by atoms with Crippen LogP contribution in [0, 0.1) is 0 Å². The highest BCUT2D eigenvalue weighted by molar-refractivity contribution is 7.50. The lowest BCUT2D eigenvalue weighted by Crippen LogP contribution is -2.32. The highest BCUT2D eigenvalue weighted by atomic mass is 31.2. The Hall–Kier alpha value is -2.18. The molecule has 25 heavy (non-hydrogen) atoms. The van der Waals surface area contributed by atoms with Crippen LogP contribution in [0.5, 0.6) is 5.75 Å². The third-order valence-electron chi connectivity index (χ3n) is 3.64. The van der Waals surface area contributed by atoms with Gasteiger partial charge in [-0.1, -0.05) is 30.3 Å². The monoisotopic (exact) mass is 365 g/mol. The minimum Gasteiger partial charge on any atom is -0.497 e. The van der Waals surface area contributed by atoms with E-state index in [1.54, 1.807) is 37.4 Å². The Labute approximate surface area is 145 Å². The summed E-state index contributed by atoms with van der Waals surface area (Å²) in [4.78, 5) is 29.5. The highest BCUT2D eigenvalue weighted by Crippen LogP contribution is 2.40. The number of methoxy groups -OCH3 is 1. The standard InChI is InChI=1S/C17H20NO6P/c1-24-15-4-2-13(3-5-15)14-7-11(9-16(18)17(19)20)6-12(8-14)10-25(21,22)23/h2-8,16H,9-10,18H2,1H3,(H,19,20)(H2,21,22,23)/t16-/m0/s1. The number of carboxylic acid groups (broad SMARTS) is 1. The van der Waals surface area contributed by atoms with Crippen molar-refractivity contribution in [2.45, 2.75) is 18.6 Å². The van der Waals surface area contributed by atoms with Crippen LogP contribution < -0.4 is 10.5 Å². The molecule has 0 aliphatic carbocycles. The fourth-order valence-corrected chi connectivity index (χ4v) is 3.16. The van der Waals surface area contributed by atoms with E-state index in [1.807, 2.05) is 12.1 Å². The van der Waals surface area contributed by atoms with E-state index in [2.05, 4.69) is 0 Å². The zero-order chi connectivity index (χ0) is 18.6. The van der Waals surface area contributed by atoms with Gasteiger partial charge in [0.2, 0.25) is 0 Å². The quantitative estimate of drug-likeness (QED) is 0.552. The van der Waals surface area contributed by atoms with Crippen LogP contribution in [0.3, 0.4) is 0 Å². The Bertz CT molecular complexity index is 799. The molecule has 0 saturated carbocycles. The maximum atomic E-state index is 11.3. The molecule has 2 rings (SSSR count). The molecule has 0 spiro atoms. The van der Waals surface area contributed by atoms with Gasteiger partial charge < -0.3 is 25.4 Å². The predicted molar refractivity (Wildman–Crippen MR) is 93.5 cm³/mol. The van der Waals surface area contributed by atoms with Crippen molar-refractivity contribution in [2.24, 2.45) is 5.73 Å². The normalized spacial score (nSPS) is 12.6. The minimum atomic E-state index is -4.25. The molecule has 8 heteroatoms. The van der Waals surface area contributed by atoms with Gasteiger partial charge in [0.25, 0.3) is 0 Å². The summed E-state index contributed by atoms with van der Waals surface area (Å²) >= 11 is 0. The molecule has 0 saturated heterocycles. The van der Waals surface area contributed by atoms with Gasteiger partial charge in [-0.15, -0.1) is 0 Å². The topological polar surface area (TPSA) is 130 Å². The largest absolute Gasteiger partial charge is 0.497 e. The van der Waals surface area contributed by atoms with Gasteiger partial charge in [-0.05, 0) is 40.8 Å². The molecule has 1 atom stereocenters. The van der Waals surface area contributed by atoms with E-state index in [0.717, 1.165) is 11.1 Å². The SMILES string of the molecule is COc1ccc(-c2cc(C[C@H](N)C(=O)O)cc(CP(=O)(O)O)c2)cc1. The molecule has 0 aliphatic rings. The van der Waals surface area contributed by atoms with E-state index in [-0.39, 0.29) is 6.42 Å². The second kappa shape index (κ2) is 7.80. The van der Waals surface area contributed by atoms with Crippen molar-refractivity contribution < 1.29 is 29.0 Å². The Balaban J connectivity index is 2.44. The van der Waals surface area contributed by atoms with Crippen molar-refractivity contribution >= 4 is 13.6 Å². The second-order valence-electron chi connectivity index (χ2n) is 5.74. The number of rotatable bonds is 7. The van der Waals surface area contributed by atoms with Crippen LogP contribution in [0.2, 0.25) is 0 Å². The molecule has 2 aromatic carbocycles. The molecule has 2 aromatic rings. The van der Waals surface area contributed by atoms with E-state index in [1.165, 1.54) is 0 Å². The Kier molecular flexibility index (Phi) is 5.98. The fourth-order valence-electron chi connectivity index (χ4n) is 2.50. The van der Waals surface area contributed by atoms with Crippen molar-refractivity contribution in [1.82, 2.24) is 0 Å². The molecule has 0 unspecified atom stereocenters. The number of carboxylic acids is 1. The Morgan fingerprint density at radius 1 is 1.12 bits per heavy atom. The van der Waals surface area contributed by atoms with Crippen molar-refractivity contribution in [3.63, 3.8) is 0 Å². The van der Waals surface area contributed by atoms with Crippen molar-refractivity contribution in [3.8, 4) is 16.9 Å². The van der Waals surface area contributed by atoms with E-state index in [4.69, 9.17) is 15.6 Å². The first kappa shape index (κ1) is 19.1. The number of aliphatic carboxylic acids is 1. The second-order valence-corrected chi connectivity index (χ2v) is 7.38. The first-order valence-corrected chi connectivity index (χ1v) is 9.28. The van der Waals surface area contributed by atoms with E-state index in [0.29, 0.717) is 16.9 Å². The zero-order valence-corrected chi connectivity index (χ0v) is 14.5. The summed E-state index contributed by atoms with van der Waals surface area (Å²) in [6.45, 7) is 0. The summed E-state index contributed by atoms with van der Waals surface area (Å²) in [5.74, 6) is -0.449. The average molecular weight is 365 g/mol. The number of nitrogens with two attached hydrogens (primary N) is 1. The van der Waals surface area contributed by atoms with Gasteiger partial charge in [-0.3, -0.25) is 9.36 Å². The van der Waals surface area contributed by atoms with Gasteiger partial charge in [0.05, 0.1) is 13.3 Å². The summed E-state index contributed by atoms with van der Waals surface area (Å²) in [7, 11) is -2.70. The van der Waals surface area contributed by atoms with Crippen LogP contribution in [0.1, 0.15) is 11.1 Å². The summed E-state index contributed by atoms with van der Waals surface area (Å²) in [5, 5.41) is 8.98. The molecule has 0 aliphatic heterocycles. The van der Waals surface area contributed by atoms with Crippen LogP contribution in [-0.4, -0.2) is 34.0 Å². The van der Waals surface area contributed by atoms with Crippen molar-refractivity contribution in [2.75, 3.05) is 7.11 Å². The summed E-state index contributed by atoms with van der Waals surface area (Å²) in [6, 6.07) is 11.1. The maximum absolute atomic E-state index is 11.3. The molecule has 134 valence electrons. The summed E-state index contributed by atoms with van der Waals surface area (Å²) < 4.78 is 16.4. The summed E-state index contributed by atoms with van der Waals surface area (Å²) in [6.07, 6.45) is -0.361. The van der Waals surface area contributed by atoms with Gasteiger partial charge in [0.15, 0.2) is 0 Å². The molecule has 0 aromatic heterocycles. The minimum absolute atomic E-state index is 0.0630. The first-order valence-electron chi connectivity index (χ1n) is 7.48. The number of hydrogen-bond acceptors (Lipinski definition) is 4. The number of ether oxygens (including phenoxy) is 1. The average Bonchev–Trinajstić information content (AvgIpc) is 2.53. The fraction of sp³-hybridized carbons (Fsp3) is 0.235. The molecule has 5 N–H and O–H groups in total. The third kappa shape index (κ3) is 5.69. The number of carbonyl (C=O) groups is 1. The molecule has 0 radical (unpaired) electrons. The van der Waals surface area contributed by atoms with Crippen LogP contribution in [0.4, 0.5) is 0 Å². The Morgan fingerprint density at radius 2 is 1.72 bits per heavy atom. The van der Waals surface area contributed by atoms with Crippen LogP contribution in [0.25, 0.3) is 11.1 Å². The van der Waals surface area contributed by atoms with E-state index >= 15 is 0 Å². The molecular formula is C17H20NO6P. The maximum Gasteiger partial charge on any atom is 0.329 e. The van der Waals surface area contributed by atoms with Gasteiger partial charge >= 0.3 is 13.6 Å². The number of benzene rings is 2. The van der Waals surface area contributed by atoms with Crippen LogP contribution in [-0.2, 0) is 21.9 Å². The molecule has 0 fully saturated rings. The first-order chi connectivity index (χ1) is 11.7.